The van der Waals surface area contributed by atoms with Crippen LogP contribution in [0.4, 0.5) is 11.5 Å². The second-order valence-electron chi connectivity index (χ2n) is 5.66. The number of carbonyl (C=O) groups excluding carboxylic acids is 1. The number of nitrogens with two attached hydrogens (primary N) is 2. The van der Waals surface area contributed by atoms with E-state index in [2.05, 4.69) is 15.2 Å². The Bertz CT molecular complexity index is 518. The number of anilines is 2. The molecule has 5 N–H and O–H groups in total. The molecule has 0 spiro atoms. The molecule has 0 bridgehead atoms. The molecular weight excluding hydrogens is 254 g/mol. The third kappa shape index (κ3) is 2.43. The maximum atomic E-state index is 11.3. The highest BCUT2D eigenvalue weighted by atomic mass is 16.1. The number of piperidine rings is 1. The molecule has 2 unspecified atom stereocenters. The molecule has 3 heterocycles. The van der Waals surface area contributed by atoms with Gasteiger partial charge in [-0.15, -0.1) is 0 Å². The predicted octanol–water partition coefficient (Wildman–Crippen LogP) is 0.801. The fraction of sp³-hybridized carbons (Fsp3) is 0.571. The topological polar surface area (TPSA) is 97.3 Å². The molecule has 1 amide bonds. The summed E-state index contributed by atoms with van der Waals surface area (Å²) in [5.74, 6) is 0.170. The zero-order chi connectivity index (χ0) is 14.1. The van der Waals surface area contributed by atoms with Gasteiger partial charge in [0.05, 0.1) is 17.4 Å². The average molecular weight is 275 g/mol. The molecule has 2 aliphatic rings. The summed E-state index contributed by atoms with van der Waals surface area (Å²) in [6.45, 7) is 2.34. The number of amides is 1. The number of pyridine rings is 1. The van der Waals surface area contributed by atoms with Crippen LogP contribution in [0.5, 0.6) is 0 Å². The quantitative estimate of drug-likeness (QED) is 0.758. The van der Waals surface area contributed by atoms with E-state index >= 15 is 0 Å². The zero-order valence-electron chi connectivity index (χ0n) is 11.5. The number of nitrogen functional groups attached to an aromatic ring is 1. The third-order valence-corrected chi connectivity index (χ3v) is 4.39. The SMILES string of the molecule is NC(=O)c1cc(NC2CCN3CCCCC23)ncc1N. The lowest BCUT2D eigenvalue weighted by Gasteiger charge is -2.32. The van der Waals surface area contributed by atoms with Crippen molar-refractivity contribution in [3.8, 4) is 0 Å². The first kappa shape index (κ1) is 13.2. The first-order chi connectivity index (χ1) is 9.65. The lowest BCUT2D eigenvalue weighted by atomic mass is 9.99. The summed E-state index contributed by atoms with van der Waals surface area (Å²) in [5.41, 5.74) is 11.7. The van der Waals surface area contributed by atoms with Gasteiger partial charge in [-0.25, -0.2) is 4.98 Å². The van der Waals surface area contributed by atoms with Crippen molar-refractivity contribution in [1.82, 2.24) is 9.88 Å². The van der Waals surface area contributed by atoms with E-state index in [0.29, 0.717) is 29.2 Å². The fourth-order valence-corrected chi connectivity index (χ4v) is 3.36. The third-order valence-electron chi connectivity index (χ3n) is 4.39. The van der Waals surface area contributed by atoms with Crippen LogP contribution < -0.4 is 16.8 Å². The number of hydrogen-bond acceptors (Lipinski definition) is 5. The van der Waals surface area contributed by atoms with Crippen LogP contribution in [-0.2, 0) is 0 Å². The Labute approximate surface area is 118 Å². The largest absolute Gasteiger partial charge is 0.397 e. The first-order valence-electron chi connectivity index (χ1n) is 7.21. The molecule has 6 nitrogen and oxygen atoms in total. The molecule has 1 aromatic heterocycles. The van der Waals surface area contributed by atoms with Crippen molar-refractivity contribution >= 4 is 17.4 Å². The van der Waals surface area contributed by atoms with Crippen LogP contribution in [0.15, 0.2) is 12.3 Å². The van der Waals surface area contributed by atoms with Crippen molar-refractivity contribution in [1.29, 1.82) is 0 Å². The number of nitrogens with one attached hydrogen (secondary N) is 1. The van der Waals surface area contributed by atoms with E-state index in [1.54, 1.807) is 6.07 Å². The van der Waals surface area contributed by atoms with Crippen LogP contribution in [0.1, 0.15) is 36.0 Å². The van der Waals surface area contributed by atoms with Crippen LogP contribution in [-0.4, -0.2) is 41.0 Å². The van der Waals surface area contributed by atoms with Gasteiger partial charge in [-0.2, -0.15) is 0 Å². The lowest BCUT2D eigenvalue weighted by Crippen LogP contribution is -2.41. The average Bonchev–Trinajstić information content (AvgIpc) is 2.84. The van der Waals surface area contributed by atoms with E-state index in [-0.39, 0.29) is 0 Å². The Kier molecular flexibility index (Phi) is 3.48. The van der Waals surface area contributed by atoms with E-state index in [1.165, 1.54) is 32.0 Å². The highest BCUT2D eigenvalue weighted by Gasteiger charge is 2.35. The minimum Gasteiger partial charge on any atom is -0.397 e. The number of primary amides is 1. The first-order valence-corrected chi connectivity index (χ1v) is 7.21. The summed E-state index contributed by atoms with van der Waals surface area (Å²) in [7, 11) is 0. The summed E-state index contributed by atoms with van der Waals surface area (Å²) in [5, 5.41) is 3.45. The Balaban J connectivity index is 1.74. The molecule has 0 saturated carbocycles. The fourth-order valence-electron chi connectivity index (χ4n) is 3.36. The molecule has 2 aliphatic heterocycles. The second kappa shape index (κ2) is 5.28. The number of carbonyl (C=O) groups is 1. The molecular formula is C14H21N5O. The van der Waals surface area contributed by atoms with Crippen molar-refractivity contribution in [2.75, 3.05) is 24.1 Å². The van der Waals surface area contributed by atoms with E-state index in [0.717, 1.165) is 13.0 Å². The monoisotopic (exact) mass is 275 g/mol. The van der Waals surface area contributed by atoms with Gasteiger partial charge in [0.2, 0.25) is 0 Å². The summed E-state index contributed by atoms with van der Waals surface area (Å²) in [6.07, 6.45) is 6.43. The number of fused-ring (bicyclic) bond motifs is 1. The van der Waals surface area contributed by atoms with Gasteiger partial charge < -0.3 is 16.8 Å². The van der Waals surface area contributed by atoms with Gasteiger partial charge in [-0.1, -0.05) is 6.42 Å². The summed E-state index contributed by atoms with van der Waals surface area (Å²) in [6, 6.07) is 2.63. The molecule has 0 radical (unpaired) electrons. The van der Waals surface area contributed by atoms with Gasteiger partial charge >= 0.3 is 0 Å². The molecule has 2 saturated heterocycles. The molecule has 2 fully saturated rings. The van der Waals surface area contributed by atoms with Crippen molar-refractivity contribution < 1.29 is 4.79 Å². The molecule has 0 aromatic carbocycles. The second-order valence-corrected chi connectivity index (χ2v) is 5.66. The number of hydrogen-bond donors (Lipinski definition) is 3. The number of aromatic nitrogens is 1. The van der Waals surface area contributed by atoms with Gasteiger partial charge in [0, 0.05) is 18.6 Å². The van der Waals surface area contributed by atoms with Crippen LogP contribution in [0.2, 0.25) is 0 Å². The van der Waals surface area contributed by atoms with Crippen LogP contribution in [0.25, 0.3) is 0 Å². The van der Waals surface area contributed by atoms with Crippen LogP contribution in [0.3, 0.4) is 0 Å². The molecule has 6 heteroatoms. The highest BCUT2D eigenvalue weighted by Crippen LogP contribution is 2.29. The molecule has 3 rings (SSSR count). The van der Waals surface area contributed by atoms with Crippen LogP contribution >= 0.6 is 0 Å². The number of nitrogens with zero attached hydrogens (tertiary/aromatic N) is 2. The molecule has 0 aliphatic carbocycles. The highest BCUT2D eigenvalue weighted by molar-refractivity contribution is 5.98. The maximum Gasteiger partial charge on any atom is 0.250 e. The Morgan fingerprint density at radius 3 is 3.00 bits per heavy atom. The van der Waals surface area contributed by atoms with E-state index in [4.69, 9.17) is 11.5 Å². The Morgan fingerprint density at radius 1 is 1.35 bits per heavy atom. The molecule has 20 heavy (non-hydrogen) atoms. The van der Waals surface area contributed by atoms with E-state index in [9.17, 15) is 4.79 Å². The molecule has 2 atom stereocenters. The van der Waals surface area contributed by atoms with Crippen molar-refractivity contribution in [3.05, 3.63) is 17.8 Å². The van der Waals surface area contributed by atoms with Crippen LogP contribution in [0, 0.1) is 0 Å². The summed E-state index contributed by atoms with van der Waals surface area (Å²) < 4.78 is 0. The smallest absolute Gasteiger partial charge is 0.250 e. The minimum atomic E-state index is -0.515. The zero-order valence-corrected chi connectivity index (χ0v) is 11.5. The molecule has 108 valence electrons. The van der Waals surface area contributed by atoms with Gasteiger partial charge in [-0.05, 0) is 31.9 Å². The predicted molar refractivity (Wildman–Crippen MR) is 78.4 cm³/mol. The van der Waals surface area contributed by atoms with Gasteiger partial charge in [0.15, 0.2) is 0 Å². The van der Waals surface area contributed by atoms with Crippen molar-refractivity contribution in [3.63, 3.8) is 0 Å². The van der Waals surface area contributed by atoms with Gasteiger partial charge in [0.25, 0.3) is 5.91 Å². The van der Waals surface area contributed by atoms with Gasteiger partial charge in [-0.3, -0.25) is 9.69 Å². The maximum absolute atomic E-state index is 11.3. The van der Waals surface area contributed by atoms with E-state index < -0.39 is 5.91 Å². The number of rotatable bonds is 3. The van der Waals surface area contributed by atoms with Gasteiger partial charge in [0.1, 0.15) is 5.82 Å². The van der Waals surface area contributed by atoms with E-state index in [1.807, 2.05) is 0 Å². The minimum absolute atomic E-state index is 0.328. The van der Waals surface area contributed by atoms with Crippen molar-refractivity contribution in [2.24, 2.45) is 5.73 Å². The Hall–Kier alpha value is -1.82. The standard InChI is InChI=1S/C14H21N5O/c15-10-8-17-13(7-9(10)14(16)20)18-11-4-6-19-5-2-1-3-12(11)19/h7-8,11-12H,1-6,15H2,(H2,16,20)(H,17,18). The van der Waals surface area contributed by atoms with Crippen molar-refractivity contribution in [2.45, 2.75) is 37.8 Å². The summed E-state index contributed by atoms with van der Waals surface area (Å²) in [4.78, 5) is 18.1. The normalized spacial score (nSPS) is 26.2. The Morgan fingerprint density at radius 2 is 2.20 bits per heavy atom. The molecule has 1 aromatic rings. The lowest BCUT2D eigenvalue weighted by molar-refractivity contribution is 0.100. The summed E-state index contributed by atoms with van der Waals surface area (Å²) >= 11 is 0.